The van der Waals surface area contributed by atoms with E-state index < -0.39 is 11.8 Å². The molecular formula is C7H8N2O3. The maximum atomic E-state index is 10.8. The van der Waals surface area contributed by atoms with Gasteiger partial charge in [-0.2, -0.15) is 5.01 Å². The van der Waals surface area contributed by atoms with Gasteiger partial charge in [0.1, 0.15) is 0 Å². The summed E-state index contributed by atoms with van der Waals surface area (Å²) in [5.41, 5.74) is 2.16. The molecule has 0 atom stereocenters. The second-order valence-corrected chi connectivity index (χ2v) is 2.23. The van der Waals surface area contributed by atoms with Crippen molar-refractivity contribution in [2.45, 2.75) is 13.3 Å². The third kappa shape index (κ3) is 1.50. The Balaban J connectivity index is 2.59. The molecule has 5 heteroatoms. The summed E-state index contributed by atoms with van der Waals surface area (Å²) in [5, 5.41) is 0.686. The number of hydrazine groups is 1. The molecule has 3 amide bonds. The van der Waals surface area contributed by atoms with E-state index >= 15 is 0 Å². The molecule has 0 saturated heterocycles. The molecule has 0 aromatic rings. The van der Waals surface area contributed by atoms with E-state index in [9.17, 15) is 14.4 Å². The Morgan fingerprint density at radius 1 is 1.42 bits per heavy atom. The molecule has 0 spiro atoms. The third-order valence-electron chi connectivity index (χ3n) is 1.37. The molecule has 0 aromatic carbocycles. The van der Waals surface area contributed by atoms with Crippen molar-refractivity contribution < 1.29 is 14.4 Å². The number of hydrogen-bond donors (Lipinski definition) is 1. The maximum Gasteiger partial charge on any atom is 0.272 e. The largest absolute Gasteiger partial charge is 0.273 e. The fourth-order valence-corrected chi connectivity index (χ4v) is 0.714. The van der Waals surface area contributed by atoms with Gasteiger partial charge in [0.2, 0.25) is 5.91 Å². The molecule has 0 aliphatic carbocycles. The molecular weight excluding hydrogens is 160 g/mol. The van der Waals surface area contributed by atoms with E-state index in [-0.39, 0.29) is 12.3 Å². The summed E-state index contributed by atoms with van der Waals surface area (Å²) in [4.78, 5) is 32.5. The standard InChI is InChI=1S/C7H8N2O3/c1-2-5(10)8-9-6(11)3-4-7(9)12/h3-4H,2H2,1H3,(H,8,10). The van der Waals surface area contributed by atoms with Crippen LogP contribution in [0.4, 0.5) is 0 Å². The predicted molar refractivity (Wildman–Crippen MR) is 39.4 cm³/mol. The lowest BCUT2D eigenvalue weighted by Gasteiger charge is -2.13. The first-order valence-electron chi connectivity index (χ1n) is 3.50. The Kier molecular flexibility index (Phi) is 2.23. The fraction of sp³-hybridized carbons (Fsp3) is 0.286. The first-order chi connectivity index (χ1) is 5.65. The summed E-state index contributed by atoms with van der Waals surface area (Å²) in [6.45, 7) is 1.63. The maximum absolute atomic E-state index is 10.8. The summed E-state index contributed by atoms with van der Waals surface area (Å²) in [7, 11) is 0. The third-order valence-corrected chi connectivity index (χ3v) is 1.37. The van der Waals surface area contributed by atoms with Crippen LogP contribution >= 0.6 is 0 Å². The fourth-order valence-electron chi connectivity index (χ4n) is 0.714. The minimum absolute atomic E-state index is 0.233. The highest BCUT2D eigenvalue weighted by atomic mass is 16.2. The van der Waals surface area contributed by atoms with Gasteiger partial charge in [0.05, 0.1) is 0 Å². The summed E-state index contributed by atoms with van der Waals surface area (Å²) < 4.78 is 0. The van der Waals surface area contributed by atoms with Crippen molar-refractivity contribution in [3.63, 3.8) is 0 Å². The van der Waals surface area contributed by atoms with Gasteiger partial charge in [-0.15, -0.1) is 0 Å². The van der Waals surface area contributed by atoms with E-state index in [1.807, 2.05) is 0 Å². The van der Waals surface area contributed by atoms with Gasteiger partial charge < -0.3 is 0 Å². The van der Waals surface area contributed by atoms with Crippen LogP contribution in [0.5, 0.6) is 0 Å². The van der Waals surface area contributed by atoms with E-state index in [2.05, 4.69) is 5.43 Å². The minimum atomic E-state index is -0.512. The summed E-state index contributed by atoms with van der Waals surface area (Å²) >= 11 is 0. The van der Waals surface area contributed by atoms with Gasteiger partial charge in [0, 0.05) is 18.6 Å². The average Bonchev–Trinajstić information content (AvgIpc) is 2.35. The molecule has 1 aliphatic rings. The zero-order valence-corrected chi connectivity index (χ0v) is 6.53. The van der Waals surface area contributed by atoms with E-state index in [0.717, 1.165) is 12.2 Å². The first-order valence-corrected chi connectivity index (χ1v) is 3.50. The Bertz CT molecular complexity index is 252. The molecule has 0 bridgehead atoms. The Morgan fingerprint density at radius 3 is 2.33 bits per heavy atom. The minimum Gasteiger partial charge on any atom is -0.273 e. The van der Waals surface area contributed by atoms with Crippen LogP contribution < -0.4 is 5.43 Å². The normalized spacial score (nSPS) is 15.6. The quantitative estimate of drug-likeness (QED) is 0.557. The zero-order chi connectivity index (χ0) is 9.14. The van der Waals surface area contributed by atoms with Gasteiger partial charge in [-0.05, 0) is 0 Å². The van der Waals surface area contributed by atoms with E-state index in [4.69, 9.17) is 0 Å². The number of imide groups is 1. The van der Waals surface area contributed by atoms with Gasteiger partial charge in [-0.3, -0.25) is 19.8 Å². The number of nitrogens with zero attached hydrogens (tertiary/aromatic N) is 1. The van der Waals surface area contributed by atoms with Gasteiger partial charge in [-0.1, -0.05) is 6.92 Å². The SMILES string of the molecule is CCC(=O)NN1C(=O)C=CC1=O. The molecule has 12 heavy (non-hydrogen) atoms. The van der Waals surface area contributed by atoms with Crippen LogP contribution in [0, 0.1) is 0 Å². The van der Waals surface area contributed by atoms with E-state index in [1.54, 1.807) is 6.92 Å². The number of nitrogens with one attached hydrogen (secondary N) is 1. The van der Waals surface area contributed by atoms with Crippen molar-refractivity contribution in [1.82, 2.24) is 10.4 Å². The summed E-state index contributed by atoms with van der Waals surface area (Å²) in [6, 6.07) is 0. The van der Waals surface area contributed by atoms with E-state index in [0.29, 0.717) is 5.01 Å². The van der Waals surface area contributed by atoms with E-state index in [1.165, 1.54) is 0 Å². The van der Waals surface area contributed by atoms with Gasteiger partial charge in [0.25, 0.3) is 11.8 Å². The monoisotopic (exact) mass is 168 g/mol. The molecule has 1 heterocycles. The molecule has 1 N–H and O–H groups in total. The molecule has 0 fully saturated rings. The Labute approximate surface area is 69.0 Å². The summed E-state index contributed by atoms with van der Waals surface area (Å²) in [5.74, 6) is -1.39. The van der Waals surface area contributed by atoms with Crippen molar-refractivity contribution in [1.29, 1.82) is 0 Å². The number of hydrogen-bond acceptors (Lipinski definition) is 3. The predicted octanol–water partition coefficient (Wildman–Crippen LogP) is -0.647. The van der Waals surface area contributed by atoms with Crippen molar-refractivity contribution in [2.24, 2.45) is 0 Å². The molecule has 1 aliphatic heterocycles. The highest BCUT2D eigenvalue weighted by Gasteiger charge is 2.24. The number of carbonyl (C=O) groups excluding carboxylic acids is 3. The number of rotatable bonds is 2. The van der Waals surface area contributed by atoms with Crippen molar-refractivity contribution >= 4 is 17.7 Å². The molecule has 0 unspecified atom stereocenters. The van der Waals surface area contributed by atoms with Gasteiger partial charge >= 0.3 is 0 Å². The zero-order valence-electron chi connectivity index (χ0n) is 6.53. The highest BCUT2D eigenvalue weighted by molar-refractivity contribution is 6.13. The Hall–Kier alpha value is -1.65. The topological polar surface area (TPSA) is 66.5 Å². The van der Waals surface area contributed by atoms with Crippen LogP contribution in [-0.4, -0.2) is 22.7 Å². The summed E-state index contributed by atoms with van der Waals surface area (Å²) in [6.07, 6.45) is 2.45. The molecule has 0 saturated carbocycles. The number of amides is 3. The van der Waals surface area contributed by atoms with Crippen molar-refractivity contribution in [3.05, 3.63) is 12.2 Å². The number of carbonyl (C=O) groups is 3. The van der Waals surface area contributed by atoms with Gasteiger partial charge in [-0.25, -0.2) is 0 Å². The molecule has 5 nitrogen and oxygen atoms in total. The molecule has 0 aromatic heterocycles. The average molecular weight is 168 g/mol. The van der Waals surface area contributed by atoms with Crippen molar-refractivity contribution in [3.8, 4) is 0 Å². The lowest BCUT2D eigenvalue weighted by molar-refractivity contribution is -0.146. The first kappa shape index (κ1) is 8.45. The van der Waals surface area contributed by atoms with Crippen LogP contribution in [0.2, 0.25) is 0 Å². The van der Waals surface area contributed by atoms with Crippen LogP contribution in [0.1, 0.15) is 13.3 Å². The van der Waals surface area contributed by atoms with Crippen molar-refractivity contribution in [2.75, 3.05) is 0 Å². The highest BCUT2D eigenvalue weighted by Crippen LogP contribution is 1.99. The molecule has 0 radical (unpaired) electrons. The van der Waals surface area contributed by atoms with Gasteiger partial charge in [0.15, 0.2) is 0 Å². The lowest BCUT2D eigenvalue weighted by atomic mass is 10.5. The lowest BCUT2D eigenvalue weighted by Crippen LogP contribution is -2.45. The Morgan fingerprint density at radius 2 is 1.92 bits per heavy atom. The second kappa shape index (κ2) is 3.17. The van der Waals surface area contributed by atoms with Crippen LogP contribution in [0.3, 0.4) is 0 Å². The van der Waals surface area contributed by atoms with Crippen LogP contribution in [-0.2, 0) is 14.4 Å². The van der Waals surface area contributed by atoms with Crippen LogP contribution in [0.25, 0.3) is 0 Å². The smallest absolute Gasteiger partial charge is 0.272 e. The second-order valence-electron chi connectivity index (χ2n) is 2.23. The molecule has 64 valence electrons. The van der Waals surface area contributed by atoms with Crippen LogP contribution in [0.15, 0.2) is 12.2 Å². The molecule has 1 rings (SSSR count).